The van der Waals surface area contributed by atoms with Gasteiger partial charge in [-0.15, -0.1) is 12.4 Å². The molecule has 2 atom stereocenters. The summed E-state index contributed by atoms with van der Waals surface area (Å²) >= 11 is 0. The van der Waals surface area contributed by atoms with Gasteiger partial charge in [0, 0.05) is 12.6 Å². The van der Waals surface area contributed by atoms with Crippen molar-refractivity contribution in [2.24, 2.45) is 0 Å². The molecule has 0 aliphatic heterocycles. The van der Waals surface area contributed by atoms with E-state index < -0.39 is 6.10 Å². The number of carbonyl (C=O) groups is 1. The van der Waals surface area contributed by atoms with E-state index in [1.165, 1.54) is 0 Å². The van der Waals surface area contributed by atoms with E-state index in [1.54, 1.807) is 6.92 Å². The van der Waals surface area contributed by atoms with Crippen LogP contribution < -0.4 is 4.74 Å². The summed E-state index contributed by atoms with van der Waals surface area (Å²) in [5.41, 5.74) is 0.982. The Morgan fingerprint density at radius 1 is 0.962 bits per heavy atom. The Morgan fingerprint density at radius 3 is 2.04 bits per heavy atom. The summed E-state index contributed by atoms with van der Waals surface area (Å²) in [4.78, 5) is 14.7. The molecule has 2 unspecified atom stereocenters. The monoisotopic (exact) mass is 377 g/mol. The van der Waals surface area contributed by atoms with Crippen molar-refractivity contribution in [1.29, 1.82) is 0 Å². The van der Waals surface area contributed by atoms with E-state index >= 15 is 0 Å². The quantitative estimate of drug-likeness (QED) is 0.635. The van der Waals surface area contributed by atoms with Crippen LogP contribution in [-0.4, -0.2) is 36.6 Å². The molecule has 0 bridgehead atoms. The van der Waals surface area contributed by atoms with Gasteiger partial charge in [0.25, 0.3) is 0 Å². The second-order valence-electron chi connectivity index (χ2n) is 6.44. The van der Waals surface area contributed by atoms with Crippen molar-refractivity contribution in [3.63, 3.8) is 0 Å². The van der Waals surface area contributed by atoms with Gasteiger partial charge in [0.2, 0.25) is 0 Å². The number of benzene rings is 2. The van der Waals surface area contributed by atoms with Crippen LogP contribution in [-0.2, 0) is 9.53 Å². The summed E-state index contributed by atoms with van der Waals surface area (Å²) in [5.74, 6) is 0.289. The van der Waals surface area contributed by atoms with Crippen LogP contribution >= 0.6 is 12.4 Å². The average molecular weight is 378 g/mol. The first-order chi connectivity index (χ1) is 12.0. The Hall–Kier alpha value is -2.04. The normalized spacial score (nSPS) is 13.0. The molecule has 0 radical (unpaired) electrons. The maximum Gasteiger partial charge on any atom is 0.347 e. The molecule has 4 nitrogen and oxygen atoms in total. The second-order valence-corrected chi connectivity index (χ2v) is 6.44. The van der Waals surface area contributed by atoms with E-state index in [9.17, 15) is 4.79 Å². The van der Waals surface area contributed by atoms with Gasteiger partial charge in [0.15, 0.2) is 6.10 Å². The summed E-state index contributed by atoms with van der Waals surface area (Å²) < 4.78 is 11.5. The van der Waals surface area contributed by atoms with Crippen LogP contribution in [0.25, 0.3) is 0 Å². The lowest BCUT2D eigenvalue weighted by Gasteiger charge is -2.28. The van der Waals surface area contributed by atoms with Gasteiger partial charge in [0.05, 0.1) is 0 Å². The molecule has 0 spiro atoms. The fraction of sp³-hybridized carbons (Fsp3) is 0.381. The predicted octanol–water partition coefficient (Wildman–Crippen LogP) is 4.50. The highest BCUT2D eigenvalue weighted by Crippen LogP contribution is 2.21. The van der Waals surface area contributed by atoms with Gasteiger partial charge in [0.1, 0.15) is 11.9 Å². The van der Waals surface area contributed by atoms with Gasteiger partial charge >= 0.3 is 5.97 Å². The topological polar surface area (TPSA) is 38.8 Å². The molecule has 0 saturated carbocycles. The molecule has 2 aromatic carbocycles. The van der Waals surface area contributed by atoms with Gasteiger partial charge in [-0.05, 0) is 45.5 Å². The summed E-state index contributed by atoms with van der Waals surface area (Å²) in [6.07, 6.45) is -0.999. The fourth-order valence-electron chi connectivity index (χ4n) is 2.34. The number of hydrogen-bond acceptors (Lipinski definition) is 4. The zero-order valence-electron chi connectivity index (χ0n) is 15.8. The lowest BCUT2D eigenvalue weighted by atomic mass is 10.1. The van der Waals surface area contributed by atoms with E-state index in [2.05, 4.69) is 18.7 Å². The number of carbonyl (C=O) groups excluding carboxylic acids is 1. The highest BCUT2D eigenvalue weighted by atomic mass is 35.5. The maximum atomic E-state index is 12.5. The van der Waals surface area contributed by atoms with Crippen LogP contribution in [0.4, 0.5) is 0 Å². The predicted molar refractivity (Wildman–Crippen MR) is 107 cm³/mol. The largest absolute Gasteiger partial charge is 0.479 e. The summed E-state index contributed by atoms with van der Waals surface area (Å²) in [6.45, 7) is 6.57. The third kappa shape index (κ3) is 6.70. The van der Waals surface area contributed by atoms with Crippen molar-refractivity contribution >= 4 is 18.4 Å². The minimum Gasteiger partial charge on any atom is -0.479 e. The second kappa shape index (κ2) is 10.8. The molecule has 142 valence electrons. The Kier molecular flexibility index (Phi) is 9.17. The molecule has 0 saturated heterocycles. The van der Waals surface area contributed by atoms with Crippen LogP contribution in [0.5, 0.6) is 5.75 Å². The van der Waals surface area contributed by atoms with E-state index in [-0.39, 0.29) is 24.5 Å². The number of para-hydroxylation sites is 1. The Morgan fingerprint density at radius 2 is 1.50 bits per heavy atom. The molecule has 0 N–H and O–H groups in total. The molecule has 0 aliphatic carbocycles. The van der Waals surface area contributed by atoms with Gasteiger partial charge in [-0.1, -0.05) is 48.5 Å². The third-order valence-electron chi connectivity index (χ3n) is 4.15. The van der Waals surface area contributed by atoms with Gasteiger partial charge < -0.3 is 9.47 Å². The molecule has 0 heterocycles. The molecule has 0 amide bonds. The SMILES string of the molecule is CC(Oc1ccccc1)C(=O)OC(CN(C)C(C)C)c1ccccc1.Cl. The highest BCUT2D eigenvalue weighted by Gasteiger charge is 2.24. The van der Waals surface area contributed by atoms with Crippen LogP contribution in [0.1, 0.15) is 32.4 Å². The van der Waals surface area contributed by atoms with E-state index in [0.29, 0.717) is 18.3 Å². The summed E-state index contributed by atoms with van der Waals surface area (Å²) in [5, 5.41) is 0. The van der Waals surface area contributed by atoms with Crippen molar-refractivity contribution in [1.82, 2.24) is 4.90 Å². The number of nitrogens with zero attached hydrogens (tertiary/aromatic N) is 1. The number of hydrogen-bond donors (Lipinski definition) is 0. The molecule has 2 aromatic rings. The van der Waals surface area contributed by atoms with Crippen LogP contribution in [0, 0.1) is 0 Å². The highest BCUT2D eigenvalue weighted by molar-refractivity contribution is 5.85. The standard InChI is InChI=1S/C21H27NO3.ClH/c1-16(2)22(4)15-20(18-11-7-5-8-12-18)25-21(23)17(3)24-19-13-9-6-10-14-19;/h5-14,16-17,20H,15H2,1-4H3;1H. The van der Waals surface area contributed by atoms with Gasteiger partial charge in [-0.2, -0.15) is 0 Å². The number of likely N-dealkylation sites (N-methyl/N-ethyl adjacent to an activating group) is 1. The number of halogens is 1. The molecular weight excluding hydrogens is 350 g/mol. The minimum absolute atomic E-state index is 0. The van der Waals surface area contributed by atoms with Crippen LogP contribution in [0.15, 0.2) is 60.7 Å². The van der Waals surface area contributed by atoms with Crippen molar-refractivity contribution in [3.8, 4) is 5.75 Å². The molecule has 0 fully saturated rings. The first kappa shape index (κ1) is 22.0. The number of ether oxygens (including phenoxy) is 2. The van der Waals surface area contributed by atoms with E-state index in [4.69, 9.17) is 9.47 Å². The van der Waals surface area contributed by atoms with Gasteiger partial charge in [-0.25, -0.2) is 4.79 Å². The molecular formula is C21H28ClNO3. The van der Waals surface area contributed by atoms with Crippen molar-refractivity contribution in [3.05, 3.63) is 66.2 Å². The molecule has 0 aliphatic rings. The zero-order valence-corrected chi connectivity index (χ0v) is 16.6. The molecule has 5 heteroatoms. The third-order valence-corrected chi connectivity index (χ3v) is 4.15. The fourth-order valence-corrected chi connectivity index (χ4v) is 2.34. The number of esters is 1. The summed E-state index contributed by atoms with van der Waals surface area (Å²) in [7, 11) is 2.03. The molecule has 0 aromatic heterocycles. The van der Waals surface area contributed by atoms with Crippen molar-refractivity contribution in [2.75, 3.05) is 13.6 Å². The lowest BCUT2D eigenvalue weighted by molar-refractivity contribution is -0.158. The maximum absolute atomic E-state index is 12.5. The average Bonchev–Trinajstić information content (AvgIpc) is 2.62. The van der Waals surface area contributed by atoms with Crippen molar-refractivity contribution < 1.29 is 14.3 Å². The summed E-state index contributed by atoms with van der Waals surface area (Å²) in [6, 6.07) is 19.5. The van der Waals surface area contributed by atoms with E-state index in [1.807, 2.05) is 67.7 Å². The van der Waals surface area contributed by atoms with Gasteiger partial charge in [-0.3, -0.25) is 4.90 Å². The first-order valence-electron chi connectivity index (χ1n) is 8.64. The Bertz CT molecular complexity index is 649. The zero-order chi connectivity index (χ0) is 18.2. The van der Waals surface area contributed by atoms with Crippen molar-refractivity contribution in [2.45, 2.75) is 39.0 Å². The molecule has 26 heavy (non-hydrogen) atoms. The number of rotatable bonds is 8. The Labute approximate surface area is 162 Å². The lowest BCUT2D eigenvalue weighted by Crippen LogP contribution is -2.35. The molecule has 2 rings (SSSR count). The first-order valence-corrected chi connectivity index (χ1v) is 8.64. The van der Waals surface area contributed by atoms with Crippen LogP contribution in [0.3, 0.4) is 0 Å². The van der Waals surface area contributed by atoms with Crippen LogP contribution in [0.2, 0.25) is 0 Å². The Balaban J connectivity index is 0.00000338. The van der Waals surface area contributed by atoms with E-state index in [0.717, 1.165) is 5.56 Å². The minimum atomic E-state index is -0.669. The smallest absolute Gasteiger partial charge is 0.347 e.